The molecule has 0 saturated carbocycles. The summed E-state index contributed by atoms with van der Waals surface area (Å²) in [6, 6.07) is 5.40. The van der Waals surface area contributed by atoms with Crippen LogP contribution in [0.25, 0.3) is 0 Å². The van der Waals surface area contributed by atoms with Crippen LogP contribution >= 0.6 is 31.9 Å². The highest BCUT2D eigenvalue weighted by Crippen LogP contribution is 2.16. The highest BCUT2D eigenvalue weighted by atomic mass is 79.9. The molecule has 0 spiro atoms. The molecule has 0 aliphatic carbocycles. The van der Waals surface area contributed by atoms with Gasteiger partial charge in [0.05, 0.1) is 23.8 Å². The Hall–Kier alpha value is -1.14. The maximum atomic E-state index is 12.0. The van der Waals surface area contributed by atoms with Gasteiger partial charge < -0.3 is 9.30 Å². The van der Waals surface area contributed by atoms with Gasteiger partial charge in [0.15, 0.2) is 0 Å². The summed E-state index contributed by atoms with van der Waals surface area (Å²) in [5.74, 6) is 0.740. The third-order valence-corrected chi connectivity index (χ3v) is 3.56. The van der Waals surface area contributed by atoms with E-state index in [-0.39, 0.29) is 5.56 Å². The van der Waals surface area contributed by atoms with Crippen molar-refractivity contribution in [3.05, 3.63) is 55.1 Å². The van der Waals surface area contributed by atoms with Gasteiger partial charge in [-0.2, -0.15) is 0 Å². The van der Waals surface area contributed by atoms with Gasteiger partial charge in [0.2, 0.25) is 0 Å². The number of hydrogen-bond acceptors (Lipinski definition) is 3. The number of ether oxygens (including phenoxy) is 1. The van der Waals surface area contributed by atoms with E-state index < -0.39 is 0 Å². The number of pyridine rings is 2. The van der Waals surface area contributed by atoms with Crippen LogP contribution in [0.3, 0.4) is 0 Å². The molecule has 4 nitrogen and oxygen atoms in total. The highest BCUT2D eigenvalue weighted by Gasteiger charge is 2.06. The Kier molecular flexibility index (Phi) is 4.42. The number of methoxy groups -OCH3 is 1. The normalized spacial score (nSPS) is 10.5. The zero-order valence-electron chi connectivity index (χ0n) is 10.5. The van der Waals surface area contributed by atoms with Gasteiger partial charge in [0, 0.05) is 28.5 Å². The predicted molar refractivity (Wildman–Crippen MR) is 80.7 cm³/mol. The molecule has 6 heteroatoms. The number of nitrogens with zero attached hydrogens (tertiary/aromatic N) is 2. The van der Waals surface area contributed by atoms with Gasteiger partial charge in [-0.25, -0.2) is 0 Å². The first kappa shape index (κ1) is 14.3. The Balaban J connectivity index is 2.41. The van der Waals surface area contributed by atoms with Crippen molar-refractivity contribution < 1.29 is 4.74 Å². The van der Waals surface area contributed by atoms with E-state index >= 15 is 0 Å². The van der Waals surface area contributed by atoms with Crippen LogP contribution in [0.15, 0.2) is 38.1 Å². The Labute approximate surface area is 127 Å². The maximum absolute atomic E-state index is 12.0. The fourth-order valence-electron chi connectivity index (χ4n) is 1.76. The largest absolute Gasteiger partial charge is 0.497 e. The molecule has 0 N–H and O–H groups in total. The number of aromatic nitrogens is 2. The third-order valence-electron chi connectivity index (χ3n) is 2.56. The molecule has 0 fully saturated rings. The van der Waals surface area contributed by atoms with Gasteiger partial charge in [-0.15, -0.1) is 0 Å². The second-order valence-electron chi connectivity index (χ2n) is 4.08. The first-order valence-electron chi connectivity index (χ1n) is 5.56. The molecule has 0 atom stereocenters. The molecule has 0 aromatic carbocycles. The fraction of sp³-hybridized carbons (Fsp3) is 0.231. The lowest BCUT2D eigenvalue weighted by atomic mass is 10.3. The van der Waals surface area contributed by atoms with Gasteiger partial charge in [0.1, 0.15) is 5.75 Å². The lowest BCUT2D eigenvalue weighted by Gasteiger charge is -2.09. The summed E-state index contributed by atoms with van der Waals surface area (Å²) in [5, 5.41) is 0. The van der Waals surface area contributed by atoms with Crippen LogP contribution in [0.5, 0.6) is 5.75 Å². The van der Waals surface area contributed by atoms with Gasteiger partial charge in [-0.1, -0.05) is 0 Å². The lowest BCUT2D eigenvalue weighted by molar-refractivity contribution is 0.412. The smallest absolute Gasteiger partial charge is 0.265 e. The molecule has 100 valence electrons. The molecule has 2 heterocycles. The second kappa shape index (κ2) is 5.88. The molecule has 2 aromatic heterocycles. The molecular weight excluding hydrogens is 376 g/mol. The minimum Gasteiger partial charge on any atom is -0.497 e. The van der Waals surface area contributed by atoms with E-state index in [1.807, 2.05) is 19.1 Å². The first-order chi connectivity index (χ1) is 8.99. The molecule has 0 aliphatic rings. The van der Waals surface area contributed by atoms with Crippen molar-refractivity contribution in [2.24, 2.45) is 0 Å². The monoisotopic (exact) mass is 386 g/mol. The number of rotatable bonds is 3. The summed E-state index contributed by atoms with van der Waals surface area (Å²) in [4.78, 5) is 16.4. The Morgan fingerprint density at radius 2 is 2.05 bits per heavy atom. The predicted octanol–water partition coefficient (Wildman–Crippen LogP) is 3.13. The Morgan fingerprint density at radius 3 is 2.74 bits per heavy atom. The van der Waals surface area contributed by atoms with Crippen molar-refractivity contribution in [1.29, 1.82) is 0 Å². The van der Waals surface area contributed by atoms with Gasteiger partial charge >= 0.3 is 0 Å². The van der Waals surface area contributed by atoms with Crippen molar-refractivity contribution in [2.75, 3.05) is 7.11 Å². The standard InChI is InChI=1S/C13H12Br2N2O2/c1-8-3-11(19-2)5-10(16-8)7-17-6-9(14)4-12(15)13(17)18/h3-6H,7H2,1-2H3. The quantitative estimate of drug-likeness (QED) is 0.812. The lowest BCUT2D eigenvalue weighted by Crippen LogP contribution is -2.21. The summed E-state index contributed by atoms with van der Waals surface area (Å²) in [6.45, 7) is 2.29. The van der Waals surface area contributed by atoms with E-state index in [9.17, 15) is 4.79 Å². The van der Waals surface area contributed by atoms with Crippen LogP contribution in [0.2, 0.25) is 0 Å². The SMILES string of the molecule is COc1cc(C)nc(Cn2cc(Br)cc(Br)c2=O)c1. The summed E-state index contributed by atoms with van der Waals surface area (Å²) >= 11 is 6.61. The topological polar surface area (TPSA) is 44.1 Å². The van der Waals surface area contributed by atoms with E-state index in [1.54, 1.807) is 23.9 Å². The second-order valence-corrected chi connectivity index (χ2v) is 5.85. The van der Waals surface area contributed by atoms with Crippen LogP contribution in [0.4, 0.5) is 0 Å². The molecule has 2 aromatic rings. The summed E-state index contributed by atoms with van der Waals surface area (Å²) in [7, 11) is 1.61. The number of aryl methyl sites for hydroxylation is 1. The summed E-state index contributed by atoms with van der Waals surface area (Å²) < 4.78 is 8.15. The molecule has 0 unspecified atom stereocenters. The molecule has 2 rings (SSSR count). The van der Waals surface area contributed by atoms with E-state index in [2.05, 4.69) is 36.8 Å². The zero-order valence-corrected chi connectivity index (χ0v) is 13.7. The summed E-state index contributed by atoms with van der Waals surface area (Å²) in [6.07, 6.45) is 1.74. The molecule has 0 amide bonds. The average Bonchev–Trinajstić information content (AvgIpc) is 2.34. The first-order valence-corrected chi connectivity index (χ1v) is 7.15. The van der Waals surface area contributed by atoms with Crippen LogP contribution < -0.4 is 10.3 Å². The Morgan fingerprint density at radius 1 is 1.32 bits per heavy atom. The van der Waals surface area contributed by atoms with Gasteiger partial charge in [-0.05, 0) is 44.8 Å². The molecule has 0 aliphatic heterocycles. The molecule has 0 saturated heterocycles. The molecular formula is C13H12Br2N2O2. The Bertz CT molecular complexity index is 668. The number of hydrogen-bond donors (Lipinski definition) is 0. The minimum atomic E-state index is -0.0922. The van der Waals surface area contributed by atoms with Crippen LogP contribution in [-0.2, 0) is 6.54 Å². The highest BCUT2D eigenvalue weighted by molar-refractivity contribution is 9.11. The maximum Gasteiger partial charge on any atom is 0.265 e. The third kappa shape index (κ3) is 3.45. The molecule has 0 radical (unpaired) electrons. The summed E-state index contributed by atoms with van der Waals surface area (Å²) in [5.41, 5.74) is 1.55. The molecule has 0 bridgehead atoms. The van der Waals surface area contributed by atoms with Crippen molar-refractivity contribution in [1.82, 2.24) is 9.55 Å². The van der Waals surface area contributed by atoms with E-state index in [0.717, 1.165) is 21.6 Å². The van der Waals surface area contributed by atoms with Gasteiger partial charge in [0.25, 0.3) is 5.56 Å². The van der Waals surface area contributed by atoms with Crippen molar-refractivity contribution >= 4 is 31.9 Å². The van der Waals surface area contributed by atoms with Crippen molar-refractivity contribution in [3.63, 3.8) is 0 Å². The van der Waals surface area contributed by atoms with Crippen LogP contribution in [0.1, 0.15) is 11.4 Å². The zero-order chi connectivity index (χ0) is 14.0. The van der Waals surface area contributed by atoms with Crippen LogP contribution in [-0.4, -0.2) is 16.7 Å². The van der Waals surface area contributed by atoms with E-state index in [0.29, 0.717) is 11.0 Å². The minimum absolute atomic E-state index is 0.0922. The average molecular weight is 388 g/mol. The van der Waals surface area contributed by atoms with Gasteiger partial charge in [-0.3, -0.25) is 9.78 Å². The van der Waals surface area contributed by atoms with E-state index in [4.69, 9.17) is 4.74 Å². The number of halogens is 2. The fourth-order valence-corrected chi connectivity index (χ4v) is 3.02. The van der Waals surface area contributed by atoms with Crippen molar-refractivity contribution in [2.45, 2.75) is 13.5 Å². The van der Waals surface area contributed by atoms with Crippen LogP contribution in [0, 0.1) is 6.92 Å². The van der Waals surface area contributed by atoms with Crippen molar-refractivity contribution in [3.8, 4) is 5.75 Å². The van der Waals surface area contributed by atoms with E-state index in [1.165, 1.54) is 0 Å². The molecule has 19 heavy (non-hydrogen) atoms.